The Bertz CT molecular complexity index is 1310. The third-order valence-electron chi connectivity index (χ3n) is 4.82. The second-order valence-electron chi connectivity index (χ2n) is 7.17. The lowest BCUT2D eigenvalue weighted by Gasteiger charge is -2.21. The van der Waals surface area contributed by atoms with Crippen molar-refractivity contribution < 1.29 is 9.59 Å². The summed E-state index contributed by atoms with van der Waals surface area (Å²) in [7, 11) is 0. The van der Waals surface area contributed by atoms with Crippen molar-refractivity contribution in [2.24, 2.45) is 5.10 Å². The molecule has 7 nitrogen and oxygen atoms in total. The third-order valence-corrected chi connectivity index (χ3v) is 6.73. The number of aromatic amines is 1. The van der Waals surface area contributed by atoms with Gasteiger partial charge in [0.2, 0.25) is 5.16 Å². The maximum absolute atomic E-state index is 13.1. The largest absolute Gasteiger partial charge is 0.293 e. The molecule has 1 amide bonds. The number of nitrogens with zero attached hydrogens (tertiary/aromatic N) is 3. The van der Waals surface area contributed by atoms with Crippen LogP contribution >= 0.6 is 50.9 Å². The van der Waals surface area contributed by atoms with E-state index >= 15 is 0 Å². The highest BCUT2D eigenvalue weighted by Crippen LogP contribution is 2.35. The number of fused-ring (bicyclic) bond motifs is 1. The molecule has 1 heterocycles. The molecule has 11 heteroatoms. The van der Waals surface area contributed by atoms with Gasteiger partial charge in [-0.1, -0.05) is 74.7 Å². The number of aromatic nitrogens is 3. The van der Waals surface area contributed by atoms with Crippen molar-refractivity contribution >= 4 is 74.9 Å². The minimum Gasteiger partial charge on any atom is -0.293 e. The molecule has 1 aromatic heterocycles. The molecule has 3 aromatic rings. The standard InChI is InChI=1S/C22H16BrCl2N5O2S/c1-11-6-12-2-4-14(23)7-16(12)20(32)19(11)21-27-22(30-29-21)33-10-18(31)28-26-9-13-3-5-15(24)8-17(13)25/h2-9,19H,10H2,1H3,(H,28,31)(H,27,29,30)/b26-9+. The lowest BCUT2D eigenvalue weighted by atomic mass is 9.82. The number of hydrogen-bond acceptors (Lipinski definition) is 6. The van der Waals surface area contributed by atoms with E-state index < -0.39 is 5.92 Å². The molecule has 1 aliphatic rings. The van der Waals surface area contributed by atoms with Crippen LogP contribution in [-0.2, 0) is 4.79 Å². The monoisotopic (exact) mass is 563 g/mol. The summed E-state index contributed by atoms with van der Waals surface area (Å²) in [6.45, 7) is 1.89. The first-order chi connectivity index (χ1) is 15.8. The molecule has 2 N–H and O–H groups in total. The van der Waals surface area contributed by atoms with Crippen molar-refractivity contribution in [1.82, 2.24) is 20.6 Å². The number of Topliss-reactive ketones (excluding diaryl/α,β-unsaturated/α-hetero) is 1. The zero-order valence-electron chi connectivity index (χ0n) is 17.1. The van der Waals surface area contributed by atoms with Crippen LogP contribution in [0.1, 0.15) is 40.2 Å². The molecule has 1 aliphatic carbocycles. The molecule has 0 radical (unpaired) electrons. The Morgan fingerprint density at radius 2 is 2.12 bits per heavy atom. The average molecular weight is 565 g/mol. The van der Waals surface area contributed by atoms with Gasteiger partial charge in [-0.25, -0.2) is 10.4 Å². The van der Waals surface area contributed by atoms with Gasteiger partial charge in [-0.15, -0.1) is 5.10 Å². The third kappa shape index (κ3) is 5.55. The van der Waals surface area contributed by atoms with E-state index in [9.17, 15) is 9.59 Å². The van der Waals surface area contributed by atoms with Crippen LogP contribution in [0.4, 0.5) is 0 Å². The molecule has 0 spiro atoms. The number of rotatable bonds is 6. The van der Waals surface area contributed by atoms with Gasteiger partial charge in [-0.3, -0.25) is 14.7 Å². The van der Waals surface area contributed by atoms with Gasteiger partial charge in [0, 0.05) is 20.6 Å². The molecule has 33 heavy (non-hydrogen) atoms. The van der Waals surface area contributed by atoms with Crippen LogP contribution < -0.4 is 5.43 Å². The second kappa shape index (κ2) is 10.2. The average Bonchev–Trinajstić information content (AvgIpc) is 3.23. The Morgan fingerprint density at radius 1 is 1.30 bits per heavy atom. The summed E-state index contributed by atoms with van der Waals surface area (Å²) < 4.78 is 0.835. The van der Waals surface area contributed by atoms with Gasteiger partial charge in [0.25, 0.3) is 5.91 Å². The van der Waals surface area contributed by atoms with Crippen LogP contribution in [0.15, 0.2) is 56.7 Å². The summed E-state index contributed by atoms with van der Waals surface area (Å²) in [6.07, 6.45) is 3.41. The number of H-pyrrole nitrogens is 1. The van der Waals surface area contributed by atoms with Crippen molar-refractivity contribution in [3.8, 4) is 0 Å². The topological polar surface area (TPSA) is 100 Å². The highest BCUT2D eigenvalue weighted by molar-refractivity contribution is 9.10. The lowest BCUT2D eigenvalue weighted by Crippen LogP contribution is -2.20. The summed E-state index contributed by atoms with van der Waals surface area (Å²) in [5, 5.41) is 12.2. The van der Waals surface area contributed by atoms with Gasteiger partial charge < -0.3 is 0 Å². The van der Waals surface area contributed by atoms with Gasteiger partial charge in [0.1, 0.15) is 11.7 Å². The first-order valence-electron chi connectivity index (χ1n) is 9.66. The number of halogens is 3. The number of nitrogens with one attached hydrogen (secondary N) is 2. The predicted octanol–water partition coefficient (Wildman–Crippen LogP) is 5.50. The zero-order chi connectivity index (χ0) is 23.5. The Morgan fingerprint density at radius 3 is 2.91 bits per heavy atom. The fraction of sp³-hybridized carbons (Fsp3) is 0.136. The number of ketones is 1. The molecule has 0 saturated heterocycles. The van der Waals surface area contributed by atoms with Gasteiger partial charge in [-0.2, -0.15) is 5.10 Å². The first-order valence-corrected chi connectivity index (χ1v) is 12.2. The molecule has 0 saturated carbocycles. The fourth-order valence-electron chi connectivity index (χ4n) is 3.29. The Hall–Kier alpha value is -2.46. The summed E-state index contributed by atoms with van der Waals surface area (Å²) in [4.78, 5) is 29.6. The van der Waals surface area contributed by atoms with Crippen LogP contribution in [-0.4, -0.2) is 38.8 Å². The summed E-state index contributed by atoms with van der Waals surface area (Å²) in [5.41, 5.74) is 5.43. The Balaban J connectivity index is 1.37. The SMILES string of the molecule is CC1=Cc2ccc(Br)cc2C(=O)C1c1nc(SCC(=O)N/N=C/c2ccc(Cl)cc2Cl)n[nH]1. The van der Waals surface area contributed by atoms with Gasteiger partial charge in [0.15, 0.2) is 5.78 Å². The maximum atomic E-state index is 13.1. The van der Waals surface area contributed by atoms with Crippen molar-refractivity contribution in [3.63, 3.8) is 0 Å². The van der Waals surface area contributed by atoms with Crippen molar-refractivity contribution in [1.29, 1.82) is 0 Å². The van der Waals surface area contributed by atoms with Gasteiger partial charge >= 0.3 is 0 Å². The van der Waals surface area contributed by atoms with Crippen molar-refractivity contribution in [2.45, 2.75) is 18.0 Å². The number of hydrogen-bond donors (Lipinski definition) is 2. The lowest BCUT2D eigenvalue weighted by molar-refractivity contribution is -0.118. The Kier molecular flexibility index (Phi) is 7.33. The van der Waals surface area contributed by atoms with Crippen LogP contribution in [0, 0.1) is 0 Å². The van der Waals surface area contributed by atoms with Gasteiger partial charge in [-0.05, 0) is 36.8 Å². The summed E-state index contributed by atoms with van der Waals surface area (Å²) in [5.74, 6) is -0.441. The molecule has 168 valence electrons. The minimum atomic E-state index is -0.545. The van der Waals surface area contributed by atoms with E-state index in [1.54, 1.807) is 18.2 Å². The number of amides is 1. The number of thioether (sulfide) groups is 1. The maximum Gasteiger partial charge on any atom is 0.250 e. The number of benzene rings is 2. The molecule has 0 aliphatic heterocycles. The molecule has 1 atom stereocenters. The highest BCUT2D eigenvalue weighted by atomic mass is 79.9. The van der Waals surface area contributed by atoms with E-state index in [0.717, 1.165) is 27.4 Å². The molecule has 4 rings (SSSR count). The number of allylic oxidation sites excluding steroid dienone is 1. The van der Waals surface area contributed by atoms with Crippen LogP contribution in [0.2, 0.25) is 10.0 Å². The minimum absolute atomic E-state index is 0.0478. The quantitative estimate of drug-likeness (QED) is 0.234. The number of carbonyl (C=O) groups excluding carboxylic acids is 2. The molecule has 1 unspecified atom stereocenters. The van der Waals surface area contributed by atoms with Crippen LogP contribution in [0.25, 0.3) is 6.08 Å². The molecule has 2 aromatic carbocycles. The molecule has 0 bridgehead atoms. The van der Waals surface area contributed by atoms with Crippen molar-refractivity contribution in [2.75, 3.05) is 5.75 Å². The fourth-order valence-corrected chi connectivity index (χ4v) is 4.71. The summed E-state index contributed by atoms with van der Waals surface area (Å²) >= 11 is 16.5. The predicted molar refractivity (Wildman–Crippen MR) is 134 cm³/mol. The van der Waals surface area contributed by atoms with Crippen LogP contribution in [0.3, 0.4) is 0 Å². The van der Waals surface area contributed by atoms with Gasteiger partial charge in [0.05, 0.1) is 17.0 Å². The van der Waals surface area contributed by atoms with E-state index in [0.29, 0.717) is 32.2 Å². The molecular weight excluding hydrogens is 549 g/mol. The van der Waals surface area contributed by atoms with E-state index in [2.05, 4.69) is 41.6 Å². The zero-order valence-corrected chi connectivity index (χ0v) is 21.0. The normalized spacial score (nSPS) is 15.5. The number of hydrazone groups is 1. The van der Waals surface area contributed by atoms with Crippen LogP contribution in [0.5, 0.6) is 0 Å². The van der Waals surface area contributed by atoms with E-state index in [4.69, 9.17) is 23.2 Å². The second-order valence-corrected chi connectivity index (χ2v) is 9.87. The van der Waals surface area contributed by atoms with E-state index in [-0.39, 0.29) is 17.4 Å². The summed E-state index contributed by atoms with van der Waals surface area (Å²) in [6, 6.07) is 10.6. The highest BCUT2D eigenvalue weighted by Gasteiger charge is 2.32. The Labute approximate surface area is 212 Å². The van der Waals surface area contributed by atoms with E-state index in [1.165, 1.54) is 6.21 Å². The molecule has 0 fully saturated rings. The smallest absolute Gasteiger partial charge is 0.250 e. The number of carbonyl (C=O) groups is 2. The first kappa shape index (κ1) is 23.7. The molecular formula is C22H16BrCl2N5O2S. The van der Waals surface area contributed by atoms with E-state index in [1.807, 2.05) is 31.2 Å². The van der Waals surface area contributed by atoms with Crippen molar-refractivity contribution in [3.05, 3.63) is 79.0 Å².